The van der Waals surface area contributed by atoms with Crippen LogP contribution in [0.3, 0.4) is 0 Å². The summed E-state index contributed by atoms with van der Waals surface area (Å²) in [5, 5.41) is 10.5. The zero-order valence-electron chi connectivity index (χ0n) is 8.81. The highest BCUT2D eigenvalue weighted by atomic mass is 19.4. The third kappa shape index (κ3) is 1.98. The van der Waals surface area contributed by atoms with E-state index in [1.54, 1.807) is 5.32 Å². The second-order valence-electron chi connectivity index (χ2n) is 4.46. The first-order valence-corrected chi connectivity index (χ1v) is 4.66. The molecule has 0 bridgehead atoms. The molecule has 1 aliphatic rings. The number of carbonyl (C=O) groups excluding carboxylic acids is 1. The number of carbonyl (C=O) groups is 2. The molecule has 1 fully saturated rings. The number of halogens is 3. The number of carboxylic acid groups (broad SMARTS) is 1. The van der Waals surface area contributed by atoms with Crippen LogP contribution in [-0.4, -0.2) is 28.7 Å². The molecule has 2 N–H and O–H groups in total. The monoisotopic (exact) mass is 239 g/mol. The SMILES string of the molecule is CC(C)(C(=O)O)C(=O)NC1(C(F)(F)F)CC1. The van der Waals surface area contributed by atoms with Gasteiger partial charge in [0.15, 0.2) is 0 Å². The van der Waals surface area contributed by atoms with Crippen molar-refractivity contribution >= 4 is 11.9 Å². The summed E-state index contributed by atoms with van der Waals surface area (Å²) < 4.78 is 37.5. The van der Waals surface area contributed by atoms with Gasteiger partial charge in [-0.3, -0.25) is 9.59 Å². The van der Waals surface area contributed by atoms with Gasteiger partial charge in [-0.15, -0.1) is 0 Å². The number of hydrogen-bond donors (Lipinski definition) is 2. The predicted molar refractivity (Wildman–Crippen MR) is 47.6 cm³/mol. The largest absolute Gasteiger partial charge is 0.480 e. The lowest BCUT2D eigenvalue weighted by atomic mass is 9.92. The maximum absolute atomic E-state index is 12.5. The van der Waals surface area contributed by atoms with Gasteiger partial charge in [-0.05, 0) is 26.7 Å². The molecule has 7 heteroatoms. The van der Waals surface area contributed by atoms with Gasteiger partial charge in [0.25, 0.3) is 0 Å². The molecule has 1 rings (SSSR count). The molecule has 1 aliphatic carbocycles. The van der Waals surface area contributed by atoms with Crippen molar-refractivity contribution in [3.8, 4) is 0 Å². The number of carboxylic acids is 1. The van der Waals surface area contributed by atoms with E-state index in [0.29, 0.717) is 0 Å². The van der Waals surface area contributed by atoms with Gasteiger partial charge in [0, 0.05) is 0 Å². The van der Waals surface area contributed by atoms with Crippen molar-refractivity contribution in [3.05, 3.63) is 0 Å². The molecule has 0 heterocycles. The lowest BCUT2D eigenvalue weighted by molar-refractivity contribution is -0.175. The summed E-state index contributed by atoms with van der Waals surface area (Å²) in [6.45, 7) is 2.13. The van der Waals surface area contributed by atoms with Crippen molar-refractivity contribution < 1.29 is 27.9 Å². The Labute approximate surface area is 89.8 Å². The first kappa shape index (κ1) is 12.8. The Hall–Kier alpha value is -1.27. The van der Waals surface area contributed by atoms with Gasteiger partial charge < -0.3 is 10.4 Å². The lowest BCUT2D eigenvalue weighted by Gasteiger charge is -2.25. The van der Waals surface area contributed by atoms with E-state index in [1.165, 1.54) is 0 Å². The molecule has 1 saturated carbocycles. The molecule has 0 aromatic rings. The van der Waals surface area contributed by atoms with Crippen LogP contribution in [-0.2, 0) is 9.59 Å². The summed E-state index contributed by atoms with van der Waals surface area (Å²) in [6, 6.07) is 0. The van der Waals surface area contributed by atoms with Crippen molar-refractivity contribution in [2.75, 3.05) is 0 Å². The summed E-state index contributed by atoms with van der Waals surface area (Å²) in [4.78, 5) is 22.1. The number of alkyl halides is 3. The summed E-state index contributed by atoms with van der Waals surface area (Å²) in [7, 11) is 0. The minimum absolute atomic E-state index is 0.196. The van der Waals surface area contributed by atoms with Gasteiger partial charge in [0.2, 0.25) is 5.91 Å². The molecule has 0 aromatic heterocycles. The molecule has 0 unspecified atom stereocenters. The van der Waals surface area contributed by atoms with Crippen LogP contribution in [0.2, 0.25) is 0 Å². The van der Waals surface area contributed by atoms with Gasteiger partial charge in [-0.2, -0.15) is 13.2 Å². The summed E-state index contributed by atoms with van der Waals surface area (Å²) >= 11 is 0. The Morgan fingerprint density at radius 2 is 1.69 bits per heavy atom. The number of hydrogen-bond acceptors (Lipinski definition) is 2. The fourth-order valence-electron chi connectivity index (χ4n) is 1.08. The van der Waals surface area contributed by atoms with Crippen LogP contribution < -0.4 is 5.32 Å². The normalized spacial score (nSPS) is 19.1. The van der Waals surface area contributed by atoms with Gasteiger partial charge in [0.05, 0.1) is 0 Å². The molecule has 92 valence electrons. The standard InChI is InChI=1S/C9H12F3NO3/c1-7(2,6(15)16)5(14)13-8(3-4-8)9(10,11)12/h3-4H2,1-2H3,(H,13,14)(H,15,16). The molecule has 0 spiro atoms. The molecule has 0 radical (unpaired) electrons. The summed E-state index contributed by atoms with van der Waals surface area (Å²) in [6.07, 6.45) is -4.92. The molecule has 1 amide bonds. The molecule has 0 atom stereocenters. The molecule has 0 aromatic carbocycles. The first-order valence-electron chi connectivity index (χ1n) is 4.66. The van der Waals surface area contributed by atoms with Gasteiger partial charge in [-0.1, -0.05) is 0 Å². The molecule has 0 saturated heterocycles. The zero-order chi connectivity index (χ0) is 12.8. The highest BCUT2D eigenvalue weighted by Crippen LogP contribution is 2.49. The maximum atomic E-state index is 12.5. The van der Waals surface area contributed by atoms with E-state index in [-0.39, 0.29) is 12.8 Å². The van der Waals surface area contributed by atoms with Crippen molar-refractivity contribution in [1.29, 1.82) is 0 Å². The third-order valence-electron chi connectivity index (χ3n) is 2.75. The summed E-state index contributed by atoms with van der Waals surface area (Å²) in [5.41, 5.74) is -4.07. The fraction of sp³-hybridized carbons (Fsp3) is 0.778. The molecular formula is C9H12F3NO3. The van der Waals surface area contributed by atoms with Crippen molar-refractivity contribution in [2.45, 2.75) is 38.4 Å². The van der Waals surface area contributed by atoms with Crippen molar-refractivity contribution in [1.82, 2.24) is 5.32 Å². The number of nitrogens with one attached hydrogen (secondary N) is 1. The highest BCUT2D eigenvalue weighted by Gasteiger charge is 2.65. The third-order valence-corrected chi connectivity index (χ3v) is 2.75. The molecule has 0 aliphatic heterocycles. The average Bonchev–Trinajstić information content (AvgIpc) is 2.83. The van der Waals surface area contributed by atoms with Crippen LogP contribution in [0, 0.1) is 5.41 Å². The second kappa shape index (κ2) is 3.36. The van der Waals surface area contributed by atoms with E-state index >= 15 is 0 Å². The smallest absolute Gasteiger partial charge is 0.411 e. The average molecular weight is 239 g/mol. The minimum Gasteiger partial charge on any atom is -0.480 e. The van der Waals surface area contributed by atoms with Gasteiger partial charge in [0.1, 0.15) is 11.0 Å². The fourth-order valence-corrected chi connectivity index (χ4v) is 1.08. The van der Waals surface area contributed by atoms with Crippen LogP contribution in [0.15, 0.2) is 0 Å². The van der Waals surface area contributed by atoms with E-state index in [9.17, 15) is 22.8 Å². The number of rotatable bonds is 3. The van der Waals surface area contributed by atoms with Crippen LogP contribution >= 0.6 is 0 Å². The molecule has 4 nitrogen and oxygen atoms in total. The Kier molecular flexibility index (Phi) is 2.69. The first-order chi connectivity index (χ1) is 7.03. The second-order valence-corrected chi connectivity index (χ2v) is 4.46. The Bertz CT molecular complexity index is 331. The predicted octanol–water partition coefficient (Wildman–Crippen LogP) is 1.31. The van der Waals surface area contributed by atoms with Gasteiger partial charge in [-0.25, -0.2) is 0 Å². The highest BCUT2D eigenvalue weighted by molar-refractivity contribution is 6.01. The Morgan fingerprint density at radius 3 is 1.94 bits per heavy atom. The van der Waals surface area contributed by atoms with E-state index in [4.69, 9.17) is 5.11 Å². The number of aliphatic carboxylic acids is 1. The maximum Gasteiger partial charge on any atom is 0.411 e. The van der Waals surface area contributed by atoms with Gasteiger partial charge >= 0.3 is 12.1 Å². The van der Waals surface area contributed by atoms with E-state index in [1.807, 2.05) is 0 Å². The van der Waals surface area contributed by atoms with Crippen molar-refractivity contribution in [3.63, 3.8) is 0 Å². The van der Waals surface area contributed by atoms with E-state index < -0.39 is 29.0 Å². The van der Waals surface area contributed by atoms with E-state index in [2.05, 4.69) is 0 Å². The van der Waals surface area contributed by atoms with Crippen LogP contribution in [0.1, 0.15) is 26.7 Å². The lowest BCUT2D eigenvalue weighted by Crippen LogP contribution is -2.53. The van der Waals surface area contributed by atoms with E-state index in [0.717, 1.165) is 13.8 Å². The topological polar surface area (TPSA) is 66.4 Å². The van der Waals surface area contributed by atoms with Crippen molar-refractivity contribution in [2.24, 2.45) is 5.41 Å². The Balaban J connectivity index is 2.77. The minimum atomic E-state index is -4.53. The summed E-state index contributed by atoms with van der Waals surface area (Å²) in [5.74, 6) is -2.57. The quantitative estimate of drug-likeness (QED) is 0.730. The van der Waals surface area contributed by atoms with Crippen LogP contribution in [0.4, 0.5) is 13.2 Å². The van der Waals surface area contributed by atoms with Crippen LogP contribution in [0.5, 0.6) is 0 Å². The van der Waals surface area contributed by atoms with Crippen LogP contribution in [0.25, 0.3) is 0 Å². The Morgan fingerprint density at radius 1 is 1.25 bits per heavy atom. The zero-order valence-corrected chi connectivity index (χ0v) is 8.81. The number of amides is 1. The molecular weight excluding hydrogens is 227 g/mol. The molecule has 16 heavy (non-hydrogen) atoms.